The lowest BCUT2D eigenvalue weighted by Gasteiger charge is -2.25. The molecule has 3 aliphatic rings. The number of carbonyl (C=O) groups excluding carboxylic acids is 2. The summed E-state index contributed by atoms with van der Waals surface area (Å²) in [4.78, 5) is 26.5. The van der Waals surface area contributed by atoms with Crippen LogP contribution in [0.5, 0.6) is 0 Å². The van der Waals surface area contributed by atoms with Gasteiger partial charge in [0.05, 0.1) is 39.3 Å². The zero-order valence-corrected chi connectivity index (χ0v) is 14.0. The maximum absolute atomic E-state index is 13.1. The number of halogens is 4. The number of nitrogens with zero attached hydrogens (tertiary/aromatic N) is 1. The van der Waals surface area contributed by atoms with Crippen molar-refractivity contribution < 1.29 is 27.5 Å². The number of ether oxygens (including phenoxy) is 1. The van der Waals surface area contributed by atoms with E-state index in [0.717, 1.165) is 17.0 Å². The molecule has 0 unspecified atom stereocenters. The van der Waals surface area contributed by atoms with Gasteiger partial charge in [-0.25, -0.2) is 4.90 Å². The van der Waals surface area contributed by atoms with E-state index in [0.29, 0.717) is 0 Å². The SMILES string of the molecule is C[C@]12C=C[C@](C)(O1)[C@H]1C(=O)N(c3ccc(Cl)c(C(F)(F)F)c3)C(=O)[C@@H]12. The number of anilines is 1. The summed E-state index contributed by atoms with van der Waals surface area (Å²) in [7, 11) is 0. The molecular formula is C17H13ClF3NO3. The van der Waals surface area contributed by atoms with Crippen molar-refractivity contribution >= 4 is 29.1 Å². The molecule has 8 heteroatoms. The van der Waals surface area contributed by atoms with Crippen LogP contribution < -0.4 is 4.90 Å². The van der Waals surface area contributed by atoms with Crippen LogP contribution in [-0.4, -0.2) is 23.0 Å². The zero-order chi connectivity index (χ0) is 18.4. The first kappa shape index (κ1) is 16.6. The van der Waals surface area contributed by atoms with Crippen LogP contribution in [0.4, 0.5) is 18.9 Å². The summed E-state index contributed by atoms with van der Waals surface area (Å²) in [5, 5.41) is -0.487. The first-order chi connectivity index (χ1) is 11.5. The molecule has 4 nitrogen and oxygen atoms in total. The molecule has 4 atom stereocenters. The van der Waals surface area contributed by atoms with Gasteiger partial charge in [-0.15, -0.1) is 0 Å². The highest BCUT2D eigenvalue weighted by Crippen LogP contribution is 2.57. The lowest BCUT2D eigenvalue weighted by atomic mass is 9.73. The molecule has 1 aromatic rings. The van der Waals surface area contributed by atoms with Gasteiger partial charge in [0.2, 0.25) is 11.8 Å². The van der Waals surface area contributed by atoms with Crippen molar-refractivity contribution in [2.24, 2.45) is 11.8 Å². The van der Waals surface area contributed by atoms with E-state index in [1.807, 2.05) is 0 Å². The van der Waals surface area contributed by atoms with Crippen molar-refractivity contribution in [3.05, 3.63) is 40.9 Å². The largest absolute Gasteiger partial charge is 0.417 e. The van der Waals surface area contributed by atoms with E-state index in [1.165, 1.54) is 6.07 Å². The van der Waals surface area contributed by atoms with E-state index in [1.54, 1.807) is 26.0 Å². The first-order valence-electron chi connectivity index (χ1n) is 7.63. The number of rotatable bonds is 1. The second-order valence-corrected chi connectivity index (χ2v) is 7.34. The highest BCUT2D eigenvalue weighted by atomic mass is 35.5. The van der Waals surface area contributed by atoms with Crippen LogP contribution in [0.3, 0.4) is 0 Å². The van der Waals surface area contributed by atoms with Gasteiger partial charge in [-0.05, 0) is 32.0 Å². The number of amides is 2. The molecule has 2 bridgehead atoms. The maximum atomic E-state index is 13.1. The Labute approximate surface area is 146 Å². The second kappa shape index (κ2) is 4.65. The molecule has 2 fully saturated rings. The quantitative estimate of drug-likeness (QED) is 0.560. The Hall–Kier alpha value is -1.86. The minimum absolute atomic E-state index is 0.132. The van der Waals surface area contributed by atoms with Gasteiger partial charge in [0.25, 0.3) is 0 Å². The molecule has 3 heterocycles. The molecule has 2 saturated heterocycles. The zero-order valence-electron chi connectivity index (χ0n) is 13.2. The Kier molecular flexibility index (Phi) is 3.09. The van der Waals surface area contributed by atoms with E-state index in [4.69, 9.17) is 16.3 Å². The molecule has 3 aliphatic heterocycles. The summed E-state index contributed by atoms with van der Waals surface area (Å²) < 4.78 is 45.1. The Bertz CT molecular complexity index is 816. The van der Waals surface area contributed by atoms with Gasteiger partial charge in [-0.3, -0.25) is 9.59 Å². The van der Waals surface area contributed by atoms with Crippen molar-refractivity contribution in [1.82, 2.24) is 0 Å². The average Bonchev–Trinajstić information content (AvgIpc) is 3.04. The molecule has 132 valence electrons. The monoisotopic (exact) mass is 371 g/mol. The van der Waals surface area contributed by atoms with Crippen molar-refractivity contribution in [1.29, 1.82) is 0 Å². The van der Waals surface area contributed by atoms with Crippen molar-refractivity contribution in [3.8, 4) is 0 Å². The standard InChI is InChI=1S/C17H13ClF3NO3/c1-15-5-6-16(2,25-15)12-11(15)13(23)22(14(12)24)8-3-4-10(18)9(7-8)17(19,20)21/h3-7,11-12H,1-2H3/t11-,12-,15-,16+/m1/s1. The minimum Gasteiger partial charge on any atom is -0.359 e. The van der Waals surface area contributed by atoms with E-state index >= 15 is 0 Å². The summed E-state index contributed by atoms with van der Waals surface area (Å²) in [6, 6.07) is 3.02. The Morgan fingerprint density at radius 3 is 2.08 bits per heavy atom. The highest BCUT2D eigenvalue weighted by molar-refractivity contribution is 6.31. The highest BCUT2D eigenvalue weighted by Gasteiger charge is 2.70. The number of hydrogen-bond donors (Lipinski definition) is 0. The number of benzene rings is 1. The third-order valence-corrected chi connectivity index (χ3v) is 5.57. The normalized spacial score (nSPS) is 36.5. The lowest BCUT2D eigenvalue weighted by molar-refractivity contribution is -0.137. The minimum atomic E-state index is -4.68. The molecule has 4 rings (SSSR count). The summed E-state index contributed by atoms with van der Waals surface area (Å²) in [5.41, 5.74) is -3.08. The number of alkyl halides is 3. The van der Waals surface area contributed by atoms with E-state index in [-0.39, 0.29) is 5.69 Å². The van der Waals surface area contributed by atoms with Gasteiger partial charge in [-0.2, -0.15) is 13.2 Å². The lowest BCUT2D eigenvalue weighted by Crippen LogP contribution is -2.39. The number of imide groups is 1. The summed E-state index contributed by atoms with van der Waals surface area (Å²) >= 11 is 5.62. The first-order valence-corrected chi connectivity index (χ1v) is 8.01. The molecule has 0 saturated carbocycles. The van der Waals surface area contributed by atoms with Gasteiger partial charge >= 0.3 is 6.18 Å². The van der Waals surface area contributed by atoms with E-state index in [2.05, 4.69) is 0 Å². The Morgan fingerprint density at radius 1 is 1.08 bits per heavy atom. The number of carbonyl (C=O) groups is 2. The third-order valence-electron chi connectivity index (χ3n) is 5.24. The van der Waals surface area contributed by atoms with Gasteiger partial charge in [-0.1, -0.05) is 23.8 Å². The molecule has 25 heavy (non-hydrogen) atoms. The molecule has 0 radical (unpaired) electrons. The number of hydrogen-bond acceptors (Lipinski definition) is 3. The molecule has 1 aromatic carbocycles. The predicted octanol–water partition coefficient (Wildman–Crippen LogP) is 3.58. The van der Waals surface area contributed by atoms with Crippen molar-refractivity contribution in [3.63, 3.8) is 0 Å². The topological polar surface area (TPSA) is 46.6 Å². The summed E-state index contributed by atoms with van der Waals surface area (Å²) in [6.45, 7) is 3.41. The Balaban J connectivity index is 1.80. The number of fused-ring (bicyclic) bond motifs is 5. The van der Waals surface area contributed by atoms with Crippen LogP contribution in [0.1, 0.15) is 19.4 Å². The van der Waals surface area contributed by atoms with Crippen LogP contribution in [0.25, 0.3) is 0 Å². The van der Waals surface area contributed by atoms with E-state index in [9.17, 15) is 22.8 Å². The van der Waals surface area contributed by atoms with E-state index < -0.39 is 51.6 Å². The fourth-order valence-corrected chi connectivity index (χ4v) is 4.38. The smallest absolute Gasteiger partial charge is 0.359 e. The van der Waals surface area contributed by atoms with Gasteiger partial charge < -0.3 is 4.74 Å². The predicted molar refractivity (Wildman–Crippen MR) is 83.0 cm³/mol. The molecule has 0 aliphatic carbocycles. The van der Waals surface area contributed by atoms with Crippen molar-refractivity contribution in [2.75, 3.05) is 4.90 Å². The fourth-order valence-electron chi connectivity index (χ4n) is 4.16. The maximum Gasteiger partial charge on any atom is 0.417 e. The fraction of sp³-hybridized carbons (Fsp3) is 0.412. The molecular weight excluding hydrogens is 359 g/mol. The third kappa shape index (κ3) is 2.05. The van der Waals surface area contributed by atoms with Crippen LogP contribution >= 0.6 is 11.6 Å². The Morgan fingerprint density at radius 2 is 1.60 bits per heavy atom. The second-order valence-electron chi connectivity index (χ2n) is 6.93. The average molecular weight is 372 g/mol. The molecule has 0 N–H and O–H groups in total. The molecule has 0 aromatic heterocycles. The molecule has 0 spiro atoms. The summed E-state index contributed by atoms with van der Waals surface area (Å²) in [5.74, 6) is -2.61. The van der Waals surface area contributed by atoms with Crippen LogP contribution in [0.2, 0.25) is 5.02 Å². The van der Waals surface area contributed by atoms with Crippen LogP contribution in [0.15, 0.2) is 30.4 Å². The van der Waals surface area contributed by atoms with Crippen LogP contribution in [0, 0.1) is 11.8 Å². The van der Waals surface area contributed by atoms with Gasteiger partial charge in [0.1, 0.15) is 0 Å². The molecule has 2 amide bonds. The summed E-state index contributed by atoms with van der Waals surface area (Å²) in [6.07, 6.45) is -1.20. The van der Waals surface area contributed by atoms with Crippen LogP contribution in [-0.2, 0) is 20.5 Å². The van der Waals surface area contributed by atoms with Gasteiger partial charge in [0.15, 0.2) is 0 Å². The van der Waals surface area contributed by atoms with Crippen molar-refractivity contribution in [2.45, 2.75) is 31.2 Å². The van der Waals surface area contributed by atoms with Gasteiger partial charge in [0, 0.05) is 0 Å².